The van der Waals surface area contributed by atoms with Crippen LogP contribution in [0, 0.1) is 0 Å². The number of ether oxygens (including phenoxy) is 1. The van der Waals surface area contributed by atoms with Crippen molar-refractivity contribution >= 4 is 45.9 Å². The second kappa shape index (κ2) is 8.99. The van der Waals surface area contributed by atoms with E-state index in [2.05, 4.69) is 15.6 Å². The third-order valence-corrected chi connectivity index (χ3v) is 4.98. The fourth-order valence-electron chi connectivity index (χ4n) is 2.78. The van der Waals surface area contributed by atoms with Crippen molar-refractivity contribution in [2.45, 2.75) is 6.42 Å². The Hall–Kier alpha value is -2.70. The van der Waals surface area contributed by atoms with Crippen molar-refractivity contribution in [3.8, 4) is 5.75 Å². The second-order valence-electron chi connectivity index (χ2n) is 6.14. The van der Waals surface area contributed by atoms with E-state index in [-0.39, 0.29) is 18.2 Å². The Kier molecular flexibility index (Phi) is 6.44. The van der Waals surface area contributed by atoms with Crippen molar-refractivity contribution in [3.05, 3.63) is 63.8 Å². The summed E-state index contributed by atoms with van der Waals surface area (Å²) >= 11 is 11.7. The average Bonchev–Trinajstić information content (AvgIpc) is 3.09. The first-order valence-electron chi connectivity index (χ1n) is 8.62. The number of hydrogen-bond donors (Lipinski definition) is 3. The maximum atomic E-state index is 12.2. The van der Waals surface area contributed by atoms with Crippen molar-refractivity contribution in [1.82, 2.24) is 15.6 Å². The van der Waals surface area contributed by atoms with Gasteiger partial charge in [0.15, 0.2) is 0 Å². The maximum absolute atomic E-state index is 12.2. The molecular formula is C20H19Cl2N3O3. The molecule has 8 heteroatoms. The molecule has 28 heavy (non-hydrogen) atoms. The number of H-pyrrole nitrogens is 1. The monoisotopic (exact) mass is 419 g/mol. The van der Waals surface area contributed by atoms with Crippen molar-refractivity contribution in [3.63, 3.8) is 0 Å². The van der Waals surface area contributed by atoms with Crippen LogP contribution in [0.3, 0.4) is 0 Å². The molecule has 0 bridgehead atoms. The van der Waals surface area contributed by atoms with Gasteiger partial charge in [-0.2, -0.15) is 0 Å². The largest absolute Gasteiger partial charge is 0.497 e. The first-order valence-corrected chi connectivity index (χ1v) is 9.37. The lowest BCUT2D eigenvalue weighted by Gasteiger charge is -2.08. The molecule has 0 atom stereocenters. The van der Waals surface area contributed by atoms with Gasteiger partial charge in [0.2, 0.25) is 5.91 Å². The van der Waals surface area contributed by atoms with Crippen LogP contribution in [0.15, 0.2) is 42.6 Å². The predicted molar refractivity (Wildman–Crippen MR) is 110 cm³/mol. The van der Waals surface area contributed by atoms with E-state index in [0.717, 1.165) is 22.2 Å². The number of hydrogen-bond acceptors (Lipinski definition) is 3. The van der Waals surface area contributed by atoms with E-state index in [0.29, 0.717) is 28.7 Å². The molecule has 146 valence electrons. The van der Waals surface area contributed by atoms with Crippen molar-refractivity contribution in [1.29, 1.82) is 0 Å². The Morgan fingerprint density at radius 3 is 2.57 bits per heavy atom. The van der Waals surface area contributed by atoms with Crippen molar-refractivity contribution in [2.24, 2.45) is 0 Å². The number of carbonyl (C=O) groups is 2. The van der Waals surface area contributed by atoms with Crippen LogP contribution in [0.4, 0.5) is 0 Å². The zero-order chi connectivity index (χ0) is 20.1. The van der Waals surface area contributed by atoms with Gasteiger partial charge in [-0.1, -0.05) is 23.2 Å². The van der Waals surface area contributed by atoms with E-state index in [1.807, 2.05) is 24.4 Å². The molecular weight excluding hydrogens is 401 g/mol. The molecule has 3 N–H and O–H groups in total. The topological polar surface area (TPSA) is 83.2 Å². The predicted octanol–water partition coefficient (Wildman–Crippen LogP) is 3.57. The molecule has 6 nitrogen and oxygen atoms in total. The van der Waals surface area contributed by atoms with Gasteiger partial charge in [-0.15, -0.1) is 0 Å². The zero-order valence-corrected chi connectivity index (χ0v) is 16.7. The van der Waals surface area contributed by atoms with Gasteiger partial charge < -0.3 is 20.4 Å². The smallest absolute Gasteiger partial charge is 0.251 e. The summed E-state index contributed by atoms with van der Waals surface area (Å²) < 4.78 is 5.23. The van der Waals surface area contributed by atoms with E-state index < -0.39 is 0 Å². The molecule has 0 spiro atoms. The van der Waals surface area contributed by atoms with Crippen molar-refractivity contribution < 1.29 is 14.3 Å². The number of amides is 2. The molecule has 0 aliphatic rings. The number of carbonyl (C=O) groups excluding carboxylic acids is 2. The normalized spacial score (nSPS) is 10.7. The summed E-state index contributed by atoms with van der Waals surface area (Å²) in [6, 6.07) is 10.3. The minimum Gasteiger partial charge on any atom is -0.497 e. The van der Waals surface area contributed by atoms with Crippen LogP contribution in [-0.4, -0.2) is 37.0 Å². The van der Waals surface area contributed by atoms with Crippen LogP contribution >= 0.6 is 23.2 Å². The third-order valence-electron chi connectivity index (χ3n) is 4.24. The highest BCUT2D eigenvalue weighted by Gasteiger charge is 2.11. The fourth-order valence-corrected chi connectivity index (χ4v) is 3.08. The molecule has 0 saturated carbocycles. The highest BCUT2D eigenvalue weighted by Crippen LogP contribution is 2.24. The summed E-state index contributed by atoms with van der Waals surface area (Å²) in [4.78, 5) is 27.4. The number of halogens is 2. The van der Waals surface area contributed by atoms with Gasteiger partial charge in [0.05, 0.1) is 23.6 Å². The Balaban J connectivity index is 1.48. The van der Waals surface area contributed by atoms with Gasteiger partial charge in [-0.25, -0.2) is 0 Å². The van der Waals surface area contributed by atoms with Crippen LogP contribution in [0.5, 0.6) is 5.75 Å². The van der Waals surface area contributed by atoms with E-state index in [1.165, 1.54) is 6.07 Å². The SMILES string of the molecule is COc1ccc2[nH]cc(CC(=O)NCCNC(=O)c3ccc(Cl)c(Cl)c3)c2c1. The van der Waals surface area contributed by atoms with E-state index in [1.54, 1.807) is 19.2 Å². The number of rotatable bonds is 7. The standard InChI is InChI=1S/C20H19Cl2N3O3/c1-28-14-3-5-18-15(10-14)13(11-25-18)9-19(26)23-6-7-24-20(27)12-2-4-16(21)17(22)8-12/h2-5,8,10-11,25H,6-7,9H2,1H3,(H,23,26)(H,24,27). The summed E-state index contributed by atoms with van der Waals surface area (Å²) in [5, 5.41) is 7.18. The summed E-state index contributed by atoms with van der Waals surface area (Å²) in [5.74, 6) is 0.322. The minimum absolute atomic E-state index is 0.132. The van der Waals surface area contributed by atoms with Crippen molar-refractivity contribution in [2.75, 3.05) is 20.2 Å². The van der Waals surface area contributed by atoms with Crippen LogP contribution in [0.1, 0.15) is 15.9 Å². The second-order valence-corrected chi connectivity index (χ2v) is 6.95. The van der Waals surface area contributed by atoms with Gasteiger partial charge in [-0.05, 0) is 42.0 Å². The fraction of sp³-hybridized carbons (Fsp3) is 0.200. The molecule has 0 unspecified atom stereocenters. The number of aromatic nitrogens is 1. The number of nitrogens with one attached hydrogen (secondary N) is 3. The van der Waals surface area contributed by atoms with E-state index in [4.69, 9.17) is 27.9 Å². The molecule has 0 saturated heterocycles. The molecule has 0 aliphatic carbocycles. The molecule has 3 rings (SSSR count). The third kappa shape index (κ3) is 4.77. The number of benzene rings is 2. The summed E-state index contributed by atoms with van der Waals surface area (Å²) in [5.41, 5.74) is 2.23. The van der Waals surface area contributed by atoms with Crippen LogP contribution in [0.2, 0.25) is 10.0 Å². The first-order chi connectivity index (χ1) is 13.5. The van der Waals surface area contributed by atoms with Gasteiger partial charge >= 0.3 is 0 Å². The Morgan fingerprint density at radius 1 is 1.04 bits per heavy atom. The minimum atomic E-state index is -0.281. The first kappa shape index (κ1) is 20.0. The molecule has 3 aromatic rings. The highest BCUT2D eigenvalue weighted by molar-refractivity contribution is 6.42. The Labute approximate surface area is 172 Å². The lowest BCUT2D eigenvalue weighted by atomic mass is 10.1. The molecule has 2 amide bonds. The van der Waals surface area contributed by atoms with E-state index in [9.17, 15) is 9.59 Å². The molecule has 1 aromatic heterocycles. The lowest BCUT2D eigenvalue weighted by Crippen LogP contribution is -2.35. The molecule has 2 aromatic carbocycles. The quantitative estimate of drug-likeness (QED) is 0.511. The number of fused-ring (bicyclic) bond motifs is 1. The summed E-state index contributed by atoms with van der Waals surface area (Å²) in [7, 11) is 1.60. The molecule has 0 aliphatic heterocycles. The maximum Gasteiger partial charge on any atom is 0.251 e. The van der Waals surface area contributed by atoms with Crippen LogP contribution < -0.4 is 15.4 Å². The zero-order valence-electron chi connectivity index (χ0n) is 15.1. The summed E-state index contributed by atoms with van der Waals surface area (Å²) in [6.07, 6.45) is 2.05. The molecule has 0 radical (unpaired) electrons. The van der Waals surface area contributed by atoms with Gasteiger partial charge in [-0.3, -0.25) is 9.59 Å². The van der Waals surface area contributed by atoms with Crippen LogP contribution in [0.25, 0.3) is 10.9 Å². The van der Waals surface area contributed by atoms with Gasteiger partial charge in [0.1, 0.15) is 5.75 Å². The van der Waals surface area contributed by atoms with Crippen LogP contribution in [-0.2, 0) is 11.2 Å². The van der Waals surface area contributed by atoms with Gasteiger partial charge in [0, 0.05) is 35.8 Å². The van der Waals surface area contributed by atoms with Gasteiger partial charge in [0.25, 0.3) is 5.91 Å². The Bertz CT molecular complexity index is 1020. The average molecular weight is 420 g/mol. The Morgan fingerprint density at radius 2 is 1.82 bits per heavy atom. The summed E-state index contributed by atoms with van der Waals surface area (Å²) in [6.45, 7) is 0.615. The lowest BCUT2D eigenvalue weighted by molar-refractivity contribution is -0.120. The molecule has 0 fully saturated rings. The van der Waals surface area contributed by atoms with E-state index >= 15 is 0 Å². The number of aromatic amines is 1. The molecule has 1 heterocycles. The highest BCUT2D eigenvalue weighted by atomic mass is 35.5. The number of methoxy groups -OCH3 is 1.